The van der Waals surface area contributed by atoms with Gasteiger partial charge in [-0.1, -0.05) is 71.1 Å². The van der Waals surface area contributed by atoms with Crippen LogP contribution in [-0.2, 0) is 56.8 Å². The van der Waals surface area contributed by atoms with Crippen LogP contribution in [0.15, 0.2) is 47.6 Å². The van der Waals surface area contributed by atoms with E-state index in [1.165, 1.54) is 0 Å². The summed E-state index contributed by atoms with van der Waals surface area (Å²) in [6.07, 6.45) is 11.3. The van der Waals surface area contributed by atoms with E-state index in [1.807, 2.05) is 38.2 Å². The number of methoxy groups -OCH3 is 9. The van der Waals surface area contributed by atoms with Gasteiger partial charge in [0, 0.05) is 82.4 Å². The smallest absolute Gasteiger partial charge is 0.186 e. The topological polar surface area (TPSA) is 151 Å². The second kappa shape index (κ2) is 27.7. The SMILES string of the molecule is CC[C@H](OC)[C@@H](C)[C@@H]1C[C@H]1[C@H](O)[C@@H](C)/C=C/C=C(\C)[C@@H]1O[C@H](OC)[C@@H](OC)[C@@H](OCCC[C@H](OC)[C@@H](C)[C@@H]2C[C@H]2[C@H](O)[C@@H](C)/C=C/C=C(\C)[C@@H]2O[C@H](OC)[C@H](OC)[C@@H](OC)[C@H]2OC)[C@@H]1OC. The molecule has 2 heterocycles. The highest BCUT2D eigenvalue weighted by molar-refractivity contribution is 5.21. The molecule has 14 nitrogen and oxygen atoms in total. The van der Waals surface area contributed by atoms with Gasteiger partial charge in [-0.25, -0.2) is 0 Å². The van der Waals surface area contributed by atoms with Gasteiger partial charge in [0.1, 0.15) is 48.8 Å². The van der Waals surface area contributed by atoms with Gasteiger partial charge in [0.2, 0.25) is 0 Å². The molecule has 0 aromatic carbocycles. The van der Waals surface area contributed by atoms with E-state index in [4.69, 9.17) is 56.8 Å². The molecular weight excluding hydrogens is 849 g/mol. The summed E-state index contributed by atoms with van der Waals surface area (Å²) in [5.41, 5.74) is 1.91. The van der Waals surface area contributed by atoms with E-state index in [0.29, 0.717) is 24.4 Å². The predicted molar refractivity (Wildman–Crippen MR) is 254 cm³/mol. The first-order valence-electron chi connectivity index (χ1n) is 24.4. The Morgan fingerprint density at radius 3 is 1.35 bits per heavy atom. The molecule has 14 heteroatoms. The number of ether oxygens (including phenoxy) is 12. The second-order valence-electron chi connectivity index (χ2n) is 19.4. The Labute approximate surface area is 398 Å². The molecule has 382 valence electrons. The summed E-state index contributed by atoms with van der Waals surface area (Å²) in [6, 6.07) is 0. The van der Waals surface area contributed by atoms with Crippen LogP contribution in [0, 0.1) is 47.3 Å². The van der Waals surface area contributed by atoms with Crippen molar-refractivity contribution in [1.29, 1.82) is 0 Å². The molecule has 4 aliphatic rings. The van der Waals surface area contributed by atoms with Gasteiger partial charge in [0.15, 0.2) is 12.6 Å². The maximum absolute atomic E-state index is 11.5. The van der Waals surface area contributed by atoms with Crippen molar-refractivity contribution >= 4 is 0 Å². The van der Waals surface area contributed by atoms with Crippen LogP contribution in [0.1, 0.15) is 80.6 Å². The van der Waals surface area contributed by atoms with E-state index >= 15 is 0 Å². The molecule has 0 spiro atoms. The van der Waals surface area contributed by atoms with Gasteiger partial charge < -0.3 is 67.1 Å². The molecule has 2 N–H and O–H groups in total. The standard InChI is InChI=1S/C52H90O14/c1-17-39(55-8)33(6)35-27-37(35)41(53)29(2)22-19-24-32(5)44-46(58-11)48(50(61-14)52(63-16)66-44)64-26-20-25-40(56-9)34(7)36-28-38(36)42(54)30(3)21-18-23-31(4)43-45(57-10)47(59-12)49(60-13)51(62-15)65-43/h18-19,21-24,29-30,33-54H,17,20,25-28H2,1-16H3/b21-18+,22-19+,31-23+,32-24+/t29-,30-,33-,34-,35-,36-,37+,38+,39-,40-,41+,42+,43-,44-,45-,46+,47-,48-,49+,50-,51-,52-/m0/s1. The summed E-state index contributed by atoms with van der Waals surface area (Å²) in [6.45, 7) is 15.2. The predicted octanol–water partition coefficient (Wildman–Crippen LogP) is 6.95. The van der Waals surface area contributed by atoms with Crippen LogP contribution in [0.2, 0.25) is 0 Å². The van der Waals surface area contributed by atoms with Crippen LogP contribution >= 0.6 is 0 Å². The largest absolute Gasteiger partial charge is 0.392 e. The molecule has 0 amide bonds. The lowest BCUT2D eigenvalue weighted by Gasteiger charge is -2.45. The molecular formula is C52H90O14. The minimum atomic E-state index is -0.662. The van der Waals surface area contributed by atoms with Gasteiger partial charge in [0.25, 0.3) is 0 Å². The Kier molecular flexibility index (Phi) is 23.9. The van der Waals surface area contributed by atoms with Crippen LogP contribution in [-0.4, -0.2) is 167 Å². The first-order chi connectivity index (χ1) is 31.7. The van der Waals surface area contributed by atoms with Crippen molar-refractivity contribution in [3.05, 3.63) is 47.6 Å². The molecule has 0 unspecified atom stereocenters. The minimum Gasteiger partial charge on any atom is -0.392 e. The van der Waals surface area contributed by atoms with E-state index in [0.717, 1.165) is 43.3 Å². The zero-order chi connectivity index (χ0) is 48.8. The molecule has 0 radical (unpaired) electrons. The quantitative estimate of drug-likeness (QED) is 0.0588. The Morgan fingerprint density at radius 1 is 0.545 bits per heavy atom. The van der Waals surface area contributed by atoms with Gasteiger partial charge in [-0.15, -0.1) is 0 Å². The minimum absolute atomic E-state index is 0.00247. The normalized spacial score (nSPS) is 36.8. The highest BCUT2D eigenvalue weighted by atomic mass is 16.7. The van der Waals surface area contributed by atoms with E-state index in [-0.39, 0.29) is 54.0 Å². The van der Waals surface area contributed by atoms with Crippen molar-refractivity contribution in [2.24, 2.45) is 47.3 Å². The lowest BCUT2D eigenvalue weighted by atomic mass is 9.90. The Balaban J connectivity index is 1.29. The number of allylic oxidation sites excluding steroid dienone is 4. The van der Waals surface area contributed by atoms with E-state index in [2.05, 4.69) is 46.8 Å². The molecule has 0 aromatic rings. The molecule has 22 atom stereocenters. The first-order valence-corrected chi connectivity index (χ1v) is 24.4. The summed E-state index contributed by atoms with van der Waals surface area (Å²) >= 11 is 0. The van der Waals surface area contributed by atoms with Crippen LogP contribution in [0.4, 0.5) is 0 Å². The number of aliphatic hydroxyl groups is 2. The van der Waals surface area contributed by atoms with Crippen molar-refractivity contribution in [3.63, 3.8) is 0 Å². The summed E-state index contributed by atoms with van der Waals surface area (Å²) in [4.78, 5) is 0. The highest BCUT2D eigenvalue weighted by Crippen LogP contribution is 2.51. The van der Waals surface area contributed by atoms with Crippen molar-refractivity contribution < 1.29 is 67.1 Å². The van der Waals surface area contributed by atoms with Crippen molar-refractivity contribution in [1.82, 2.24) is 0 Å². The van der Waals surface area contributed by atoms with Crippen LogP contribution in [0.25, 0.3) is 0 Å². The summed E-state index contributed by atoms with van der Waals surface area (Å²) in [5, 5.41) is 22.7. The number of hydrogen-bond donors (Lipinski definition) is 2. The van der Waals surface area contributed by atoms with Crippen molar-refractivity contribution in [2.75, 3.05) is 70.6 Å². The molecule has 4 fully saturated rings. The van der Waals surface area contributed by atoms with Crippen LogP contribution in [0.5, 0.6) is 0 Å². The highest BCUT2D eigenvalue weighted by Gasteiger charge is 2.51. The second-order valence-corrected chi connectivity index (χ2v) is 19.4. The third-order valence-electron chi connectivity index (χ3n) is 15.5. The monoisotopic (exact) mass is 939 g/mol. The van der Waals surface area contributed by atoms with E-state index in [1.54, 1.807) is 64.0 Å². The van der Waals surface area contributed by atoms with Crippen molar-refractivity contribution in [2.45, 2.75) is 166 Å². The Bertz CT molecular complexity index is 1520. The third kappa shape index (κ3) is 14.0. The Hall–Kier alpha value is -1.60. The third-order valence-corrected chi connectivity index (χ3v) is 15.5. The summed E-state index contributed by atoms with van der Waals surface area (Å²) in [5.74, 6) is 1.95. The Morgan fingerprint density at radius 2 is 0.955 bits per heavy atom. The lowest BCUT2D eigenvalue weighted by Crippen LogP contribution is -2.60. The molecule has 2 saturated heterocycles. The lowest BCUT2D eigenvalue weighted by molar-refractivity contribution is -0.298. The molecule has 0 bridgehead atoms. The van der Waals surface area contributed by atoms with Gasteiger partial charge in [-0.05, 0) is 92.6 Å². The average Bonchev–Trinajstić information content (AvgIpc) is 4.28. The summed E-state index contributed by atoms with van der Waals surface area (Å²) in [7, 11) is 14.9. The fraction of sp³-hybridized carbons (Fsp3) is 0.846. The van der Waals surface area contributed by atoms with E-state index in [9.17, 15) is 10.2 Å². The molecule has 2 aliphatic heterocycles. The van der Waals surface area contributed by atoms with Gasteiger partial charge in [-0.2, -0.15) is 0 Å². The van der Waals surface area contributed by atoms with E-state index < -0.39 is 61.4 Å². The van der Waals surface area contributed by atoms with Gasteiger partial charge in [-0.3, -0.25) is 0 Å². The fourth-order valence-corrected chi connectivity index (χ4v) is 11.0. The fourth-order valence-electron chi connectivity index (χ4n) is 11.0. The number of rotatable bonds is 29. The maximum atomic E-state index is 11.5. The van der Waals surface area contributed by atoms with Crippen LogP contribution in [0.3, 0.4) is 0 Å². The number of hydrogen-bond acceptors (Lipinski definition) is 14. The van der Waals surface area contributed by atoms with Crippen LogP contribution < -0.4 is 0 Å². The molecule has 2 aliphatic carbocycles. The average molecular weight is 939 g/mol. The zero-order valence-electron chi connectivity index (χ0n) is 43.2. The summed E-state index contributed by atoms with van der Waals surface area (Å²) < 4.78 is 71.7. The molecule has 0 aromatic heterocycles. The van der Waals surface area contributed by atoms with Crippen molar-refractivity contribution in [3.8, 4) is 0 Å². The molecule has 2 saturated carbocycles. The van der Waals surface area contributed by atoms with Gasteiger partial charge >= 0.3 is 0 Å². The zero-order valence-corrected chi connectivity index (χ0v) is 43.2. The first kappa shape index (κ1) is 57.0. The number of aliphatic hydroxyl groups excluding tert-OH is 2. The molecule has 4 rings (SSSR count). The molecule has 66 heavy (non-hydrogen) atoms. The van der Waals surface area contributed by atoms with Gasteiger partial charge in [0.05, 0.1) is 24.4 Å². The maximum Gasteiger partial charge on any atom is 0.186 e.